The standard InChI is InChI=1S/C21H25ClN6O3S/c1-2-30-18-12-15(11-17(22)20(18)31-14-19(23)29)13-24-9-6-10-32-21-25-26-27-28(21)16-7-4-3-5-8-16/h3-5,7-8,11-12,24H,2,6,9-10,13-14H2,1H3,(H2,23,29). The van der Waals surface area contributed by atoms with Crippen LogP contribution in [0.4, 0.5) is 0 Å². The number of aromatic nitrogens is 4. The fourth-order valence-corrected chi connectivity index (χ4v) is 3.98. The van der Waals surface area contributed by atoms with E-state index in [0.29, 0.717) is 29.7 Å². The molecule has 0 atom stereocenters. The fraction of sp³-hybridized carbons (Fsp3) is 0.333. The van der Waals surface area contributed by atoms with Crippen molar-refractivity contribution < 1.29 is 14.3 Å². The third-order valence-electron chi connectivity index (χ3n) is 4.23. The van der Waals surface area contributed by atoms with Crippen LogP contribution in [-0.4, -0.2) is 51.6 Å². The van der Waals surface area contributed by atoms with E-state index in [1.54, 1.807) is 22.5 Å². The summed E-state index contributed by atoms with van der Waals surface area (Å²) >= 11 is 7.94. The topological polar surface area (TPSA) is 117 Å². The lowest BCUT2D eigenvalue weighted by Gasteiger charge is -2.15. The first-order chi connectivity index (χ1) is 15.6. The van der Waals surface area contributed by atoms with E-state index in [0.717, 1.165) is 35.1 Å². The van der Waals surface area contributed by atoms with Gasteiger partial charge >= 0.3 is 0 Å². The number of para-hydroxylation sites is 1. The fourth-order valence-electron chi connectivity index (χ4n) is 2.86. The predicted molar refractivity (Wildman–Crippen MR) is 124 cm³/mol. The number of amides is 1. The first kappa shape index (κ1) is 23.8. The Hall–Kier alpha value is -2.82. The van der Waals surface area contributed by atoms with E-state index in [-0.39, 0.29) is 6.61 Å². The molecule has 0 fully saturated rings. The molecule has 1 amide bonds. The van der Waals surface area contributed by atoms with Crippen molar-refractivity contribution in [3.63, 3.8) is 0 Å². The maximum atomic E-state index is 11.0. The van der Waals surface area contributed by atoms with E-state index in [9.17, 15) is 4.79 Å². The van der Waals surface area contributed by atoms with Crippen molar-refractivity contribution in [3.05, 3.63) is 53.1 Å². The average Bonchev–Trinajstić information content (AvgIpc) is 3.25. The monoisotopic (exact) mass is 476 g/mol. The molecule has 3 N–H and O–H groups in total. The van der Waals surface area contributed by atoms with Crippen molar-refractivity contribution >= 4 is 29.3 Å². The smallest absolute Gasteiger partial charge is 0.255 e. The minimum Gasteiger partial charge on any atom is -0.490 e. The summed E-state index contributed by atoms with van der Waals surface area (Å²) in [5.41, 5.74) is 7.03. The van der Waals surface area contributed by atoms with Gasteiger partial charge in [0.25, 0.3) is 5.91 Å². The summed E-state index contributed by atoms with van der Waals surface area (Å²) in [5, 5.41) is 16.5. The number of hydrogen-bond donors (Lipinski definition) is 2. The maximum Gasteiger partial charge on any atom is 0.255 e. The van der Waals surface area contributed by atoms with Gasteiger partial charge in [-0.15, -0.1) is 5.10 Å². The summed E-state index contributed by atoms with van der Waals surface area (Å²) in [6.45, 7) is 3.47. The van der Waals surface area contributed by atoms with Crippen LogP contribution in [0.3, 0.4) is 0 Å². The molecule has 0 saturated heterocycles. The molecular weight excluding hydrogens is 452 g/mol. The molecule has 1 heterocycles. The second-order valence-corrected chi connectivity index (χ2v) is 8.15. The number of ether oxygens (including phenoxy) is 2. The molecule has 11 heteroatoms. The van der Waals surface area contributed by atoms with Crippen LogP contribution in [0, 0.1) is 0 Å². The number of nitrogens with zero attached hydrogens (tertiary/aromatic N) is 4. The summed E-state index contributed by atoms with van der Waals surface area (Å²) in [6.07, 6.45) is 0.929. The zero-order chi connectivity index (χ0) is 22.8. The van der Waals surface area contributed by atoms with Crippen LogP contribution < -0.4 is 20.5 Å². The number of hydrogen-bond acceptors (Lipinski definition) is 8. The van der Waals surface area contributed by atoms with Crippen molar-refractivity contribution in [3.8, 4) is 17.2 Å². The molecular formula is C21H25ClN6O3S. The third-order valence-corrected chi connectivity index (χ3v) is 5.51. The number of halogens is 1. The molecule has 0 aliphatic carbocycles. The molecule has 0 bridgehead atoms. The Morgan fingerprint density at radius 1 is 1.25 bits per heavy atom. The van der Waals surface area contributed by atoms with Gasteiger partial charge in [-0.25, -0.2) is 0 Å². The molecule has 0 radical (unpaired) electrons. The number of nitrogens with two attached hydrogens (primary N) is 1. The van der Waals surface area contributed by atoms with E-state index in [1.807, 2.05) is 43.3 Å². The summed E-state index contributed by atoms with van der Waals surface area (Å²) < 4.78 is 12.7. The highest BCUT2D eigenvalue weighted by atomic mass is 35.5. The first-order valence-electron chi connectivity index (χ1n) is 10.1. The maximum absolute atomic E-state index is 11.0. The lowest BCUT2D eigenvalue weighted by Crippen LogP contribution is -2.20. The molecule has 3 aromatic rings. The van der Waals surface area contributed by atoms with Crippen LogP contribution in [0.2, 0.25) is 5.02 Å². The van der Waals surface area contributed by atoms with Crippen LogP contribution in [0.1, 0.15) is 18.9 Å². The summed E-state index contributed by atoms with van der Waals surface area (Å²) in [4.78, 5) is 11.0. The van der Waals surface area contributed by atoms with Gasteiger partial charge in [-0.1, -0.05) is 41.6 Å². The van der Waals surface area contributed by atoms with Gasteiger partial charge in [-0.3, -0.25) is 4.79 Å². The molecule has 1 aromatic heterocycles. The molecule has 3 rings (SSSR count). The van der Waals surface area contributed by atoms with Crippen LogP contribution >= 0.6 is 23.4 Å². The highest BCUT2D eigenvalue weighted by Gasteiger charge is 2.14. The Kier molecular flexibility index (Phi) is 9.14. The molecule has 0 spiro atoms. The van der Waals surface area contributed by atoms with Crippen molar-refractivity contribution in [1.29, 1.82) is 0 Å². The van der Waals surface area contributed by atoms with Gasteiger partial charge in [0.05, 0.1) is 17.3 Å². The molecule has 0 aliphatic heterocycles. The van der Waals surface area contributed by atoms with E-state index in [1.165, 1.54) is 0 Å². The molecule has 0 aliphatic rings. The largest absolute Gasteiger partial charge is 0.490 e. The Morgan fingerprint density at radius 3 is 2.81 bits per heavy atom. The molecule has 9 nitrogen and oxygen atoms in total. The number of nitrogens with one attached hydrogen (secondary N) is 1. The second-order valence-electron chi connectivity index (χ2n) is 6.68. The molecule has 0 unspecified atom stereocenters. The van der Waals surface area contributed by atoms with Gasteiger partial charge in [0.2, 0.25) is 5.16 Å². The number of carbonyl (C=O) groups excluding carboxylic acids is 1. The number of thioether (sulfide) groups is 1. The Labute approximate surface area is 195 Å². The van der Waals surface area contributed by atoms with Gasteiger partial charge in [0.15, 0.2) is 18.1 Å². The van der Waals surface area contributed by atoms with E-state index in [2.05, 4.69) is 20.8 Å². The number of rotatable bonds is 13. The van der Waals surface area contributed by atoms with Gasteiger partial charge in [-0.05, 0) is 60.1 Å². The lowest BCUT2D eigenvalue weighted by atomic mass is 10.2. The third kappa shape index (κ3) is 6.84. The molecule has 32 heavy (non-hydrogen) atoms. The summed E-state index contributed by atoms with van der Waals surface area (Å²) in [5.74, 6) is 1.10. The van der Waals surface area contributed by atoms with Crippen molar-refractivity contribution in [2.45, 2.75) is 25.0 Å². The SMILES string of the molecule is CCOc1cc(CNCCCSc2nnnn2-c2ccccc2)cc(Cl)c1OCC(N)=O. The van der Waals surface area contributed by atoms with E-state index < -0.39 is 5.91 Å². The minimum atomic E-state index is -0.579. The number of carbonyl (C=O) groups is 1. The van der Waals surface area contributed by atoms with Crippen LogP contribution in [0.15, 0.2) is 47.6 Å². The van der Waals surface area contributed by atoms with Gasteiger partial charge in [0.1, 0.15) is 0 Å². The number of benzene rings is 2. The van der Waals surface area contributed by atoms with Crippen LogP contribution in [0.25, 0.3) is 5.69 Å². The zero-order valence-corrected chi connectivity index (χ0v) is 19.2. The summed E-state index contributed by atoms with van der Waals surface area (Å²) in [6, 6.07) is 13.4. The highest BCUT2D eigenvalue weighted by molar-refractivity contribution is 7.99. The van der Waals surface area contributed by atoms with Gasteiger partial charge in [0, 0.05) is 12.3 Å². The predicted octanol–water partition coefficient (Wildman–Crippen LogP) is 2.85. The summed E-state index contributed by atoms with van der Waals surface area (Å²) in [7, 11) is 0. The second kappa shape index (κ2) is 12.3. The minimum absolute atomic E-state index is 0.261. The molecule has 0 saturated carbocycles. The Bertz CT molecular complexity index is 1020. The van der Waals surface area contributed by atoms with Gasteiger partial charge in [-0.2, -0.15) is 4.68 Å². The number of tetrazole rings is 1. The number of primary amides is 1. The van der Waals surface area contributed by atoms with Crippen LogP contribution in [0.5, 0.6) is 11.5 Å². The molecule has 170 valence electrons. The average molecular weight is 477 g/mol. The van der Waals surface area contributed by atoms with E-state index in [4.69, 9.17) is 26.8 Å². The van der Waals surface area contributed by atoms with Crippen LogP contribution in [-0.2, 0) is 11.3 Å². The van der Waals surface area contributed by atoms with Gasteiger partial charge < -0.3 is 20.5 Å². The zero-order valence-electron chi connectivity index (χ0n) is 17.7. The van der Waals surface area contributed by atoms with E-state index >= 15 is 0 Å². The Morgan fingerprint density at radius 2 is 2.06 bits per heavy atom. The molecule has 2 aromatic carbocycles. The normalized spacial score (nSPS) is 10.8. The van der Waals surface area contributed by atoms with Crippen molar-refractivity contribution in [1.82, 2.24) is 25.5 Å². The van der Waals surface area contributed by atoms with Crippen molar-refractivity contribution in [2.24, 2.45) is 5.73 Å². The van der Waals surface area contributed by atoms with Crippen molar-refractivity contribution in [2.75, 3.05) is 25.5 Å². The lowest BCUT2D eigenvalue weighted by molar-refractivity contribution is -0.119. The first-order valence-corrected chi connectivity index (χ1v) is 11.5. The highest BCUT2D eigenvalue weighted by Crippen LogP contribution is 2.36. The Balaban J connectivity index is 1.47. The quantitative estimate of drug-likeness (QED) is 0.285.